The molecule has 0 unspecified atom stereocenters. The topological polar surface area (TPSA) is 85.8 Å². The zero-order chi connectivity index (χ0) is 20.4. The molecule has 1 N–H and O–H groups in total. The van der Waals surface area contributed by atoms with Crippen molar-refractivity contribution in [3.63, 3.8) is 0 Å². The number of nitrogens with one attached hydrogen (secondary N) is 1. The van der Waals surface area contributed by atoms with Crippen LogP contribution in [0.2, 0.25) is 0 Å². The number of fused-ring (bicyclic) bond motifs is 1. The van der Waals surface area contributed by atoms with Gasteiger partial charge < -0.3 is 14.6 Å². The Morgan fingerprint density at radius 2 is 1.97 bits per heavy atom. The molecular formula is C21H16FN3O4. The summed E-state index contributed by atoms with van der Waals surface area (Å²) < 4.78 is 25.1. The summed E-state index contributed by atoms with van der Waals surface area (Å²) in [6.07, 6.45) is 0. The smallest absolute Gasteiger partial charge is 0.287 e. The highest BCUT2D eigenvalue weighted by molar-refractivity contribution is 6.04. The Morgan fingerprint density at radius 3 is 2.76 bits per heavy atom. The number of anilines is 1. The Hall–Kier alpha value is -3.94. The molecule has 0 atom stereocenters. The first kappa shape index (κ1) is 18.4. The highest BCUT2D eigenvalue weighted by Gasteiger charge is 2.09. The largest absolute Gasteiger partial charge is 0.487 e. The number of benzene rings is 2. The van der Waals surface area contributed by atoms with Gasteiger partial charge in [-0.2, -0.15) is 0 Å². The lowest BCUT2D eigenvalue weighted by atomic mass is 10.2. The van der Waals surface area contributed by atoms with E-state index < -0.39 is 5.82 Å². The van der Waals surface area contributed by atoms with E-state index in [1.54, 1.807) is 37.3 Å². The fourth-order valence-electron chi connectivity index (χ4n) is 2.77. The average Bonchev–Trinajstić information content (AvgIpc) is 3.08. The number of carbonyl (C=O) groups excluding carboxylic acids is 1. The third-order valence-electron chi connectivity index (χ3n) is 4.11. The molecule has 0 spiro atoms. The molecule has 2 aromatic heterocycles. The van der Waals surface area contributed by atoms with Gasteiger partial charge in [0.1, 0.15) is 23.9 Å². The quantitative estimate of drug-likeness (QED) is 0.560. The molecule has 7 nitrogen and oxygen atoms in total. The lowest BCUT2D eigenvalue weighted by molar-refractivity contribution is 0.102. The Bertz CT molecular complexity index is 1250. The lowest BCUT2D eigenvalue weighted by Crippen LogP contribution is -2.14. The van der Waals surface area contributed by atoms with Crippen molar-refractivity contribution in [2.24, 2.45) is 0 Å². The molecule has 0 radical (unpaired) electrons. The van der Waals surface area contributed by atoms with Crippen LogP contribution < -0.4 is 15.6 Å². The Balaban J connectivity index is 1.46. The van der Waals surface area contributed by atoms with Crippen LogP contribution in [0.25, 0.3) is 5.65 Å². The molecule has 146 valence electrons. The Labute approximate surface area is 164 Å². The van der Waals surface area contributed by atoms with Crippen LogP contribution in [0.1, 0.15) is 21.8 Å². The van der Waals surface area contributed by atoms with Crippen LogP contribution in [-0.2, 0) is 6.61 Å². The van der Waals surface area contributed by atoms with E-state index in [-0.39, 0.29) is 18.1 Å². The first-order chi connectivity index (χ1) is 14.0. The molecule has 0 aliphatic carbocycles. The predicted octanol–water partition coefficient (Wildman–Crippen LogP) is 3.57. The maximum absolute atomic E-state index is 13.0. The predicted molar refractivity (Wildman–Crippen MR) is 104 cm³/mol. The van der Waals surface area contributed by atoms with Crippen molar-refractivity contribution in [1.29, 1.82) is 0 Å². The zero-order valence-electron chi connectivity index (χ0n) is 15.4. The highest BCUT2D eigenvalue weighted by atomic mass is 19.1. The fourth-order valence-corrected chi connectivity index (χ4v) is 2.77. The van der Waals surface area contributed by atoms with Crippen molar-refractivity contribution in [2.45, 2.75) is 13.5 Å². The zero-order valence-corrected chi connectivity index (χ0v) is 15.4. The molecule has 0 aliphatic rings. The van der Waals surface area contributed by atoms with Gasteiger partial charge in [-0.3, -0.25) is 9.59 Å². The molecule has 0 aliphatic heterocycles. The van der Waals surface area contributed by atoms with Crippen molar-refractivity contribution in [1.82, 2.24) is 9.56 Å². The summed E-state index contributed by atoms with van der Waals surface area (Å²) in [5, 5.41) is 2.73. The first-order valence-corrected chi connectivity index (χ1v) is 8.77. The minimum absolute atomic E-state index is 0.0747. The van der Waals surface area contributed by atoms with Crippen LogP contribution >= 0.6 is 0 Å². The molecule has 29 heavy (non-hydrogen) atoms. The van der Waals surface area contributed by atoms with Crippen molar-refractivity contribution >= 4 is 17.2 Å². The number of hydrogen-bond acceptors (Lipinski definition) is 5. The number of carbonyl (C=O) groups is 1. The van der Waals surface area contributed by atoms with E-state index in [1.807, 2.05) is 0 Å². The molecule has 2 aromatic carbocycles. The van der Waals surface area contributed by atoms with Crippen molar-refractivity contribution < 1.29 is 18.4 Å². The van der Waals surface area contributed by atoms with Crippen LogP contribution in [0.15, 0.2) is 70.0 Å². The van der Waals surface area contributed by atoms with E-state index in [0.717, 1.165) is 4.57 Å². The van der Waals surface area contributed by atoms with Gasteiger partial charge in [0.05, 0.1) is 5.69 Å². The number of aromatic nitrogens is 2. The SMILES string of the molecule is Cc1cc2nc(COc3cccc(NC(=O)c4ccc(F)cc4)c3)cc(=O)n2o1. The van der Waals surface area contributed by atoms with Crippen LogP contribution in [0.3, 0.4) is 0 Å². The van der Waals surface area contributed by atoms with Gasteiger partial charge in [-0.1, -0.05) is 6.07 Å². The van der Waals surface area contributed by atoms with Gasteiger partial charge in [0.25, 0.3) is 11.5 Å². The van der Waals surface area contributed by atoms with E-state index in [1.165, 1.54) is 30.3 Å². The molecular weight excluding hydrogens is 377 g/mol. The average molecular weight is 393 g/mol. The second-order valence-electron chi connectivity index (χ2n) is 6.36. The fraction of sp³-hybridized carbons (Fsp3) is 0.0952. The van der Waals surface area contributed by atoms with Gasteiger partial charge in [-0.05, 0) is 43.3 Å². The summed E-state index contributed by atoms with van der Waals surface area (Å²) in [7, 11) is 0. The number of amides is 1. The summed E-state index contributed by atoms with van der Waals surface area (Å²) in [6.45, 7) is 1.81. The summed E-state index contributed by atoms with van der Waals surface area (Å²) in [6, 6.07) is 15.1. The number of halogens is 1. The van der Waals surface area contributed by atoms with Crippen LogP contribution in [0, 0.1) is 12.7 Å². The number of aryl methyl sites for hydroxylation is 1. The van der Waals surface area contributed by atoms with Gasteiger partial charge in [-0.15, -0.1) is 4.57 Å². The number of hydrogen-bond donors (Lipinski definition) is 1. The number of ether oxygens (including phenoxy) is 1. The van der Waals surface area contributed by atoms with Crippen molar-refractivity contribution in [3.05, 3.63) is 93.9 Å². The normalized spacial score (nSPS) is 10.8. The summed E-state index contributed by atoms with van der Waals surface area (Å²) in [4.78, 5) is 28.6. The van der Waals surface area contributed by atoms with E-state index in [2.05, 4.69) is 10.3 Å². The lowest BCUT2D eigenvalue weighted by Gasteiger charge is -2.09. The molecule has 2 heterocycles. The van der Waals surface area contributed by atoms with Gasteiger partial charge in [0.15, 0.2) is 5.65 Å². The summed E-state index contributed by atoms with van der Waals surface area (Å²) >= 11 is 0. The van der Waals surface area contributed by atoms with E-state index in [4.69, 9.17) is 9.26 Å². The third-order valence-corrected chi connectivity index (χ3v) is 4.11. The van der Waals surface area contributed by atoms with Gasteiger partial charge in [-0.25, -0.2) is 9.37 Å². The first-order valence-electron chi connectivity index (χ1n) is 8.77. The molecule has 0 fully saturated rings. The van der Waals surface area contributed by atoms with Crippen LogP contribution in [0.4, 0.5) is 10.1 Å². The summed E-state index contributed by atoms with van der Waals surface area (Å²) in [5.41, 5.74) is 1.39. The van der Waals surface area contributed by atoms with E-state index in [0.29, 0.717) is 34.1 Å². The monoisotopic (exact) mass is 393 g/mol. The summed E-state index contributed by atoms with van der Waals surface area (Å²) in [5.74, 6) is 0.302. The van der Waals surface area contributed by atoms with Crippen LogP contribution in [0.5, 0.6) is 5.75 Å². The second kappa shape index (κ2) is 7.59. The number of rotatable bonds is 5. The highest BCUT2D eigenvalue weighted by Crippen LogP contribution is 2.19. The van der Waals surface area contributed by atoms with Gasteiger partial charge >= 0.3 is 0 Å². The molecule has 8 heteroatoms. The maximum Gasteiger partial charge on any atom is 0.287 e. The maximum atomic E-state index is 13.0. The molecule has 4 aromatic rings. The molecule has 0 bridgehead atoms. The molecule has 0 saturated carbocycles. The second-order valence-corrected chi connectivity index (χ2v) is 6.36. The van der Waals surface area contributed by atoms with Gasteiger partial charge in [0.2, 0.25) is 0 Å². The minimum atomic E-state index is -0.408. The number of nitrogens with zero attached hydrogens (tertiary/aromatic N) is 2. The van der Waals surface area contributed by atoms with Crippen molar-refractivity contribution in [3.8, 4) is 5.75 Å². The standard InChI is InChI=1S/C21H16FN3O4/c1-13-9-19-23-17(11-20(26)25(19)29-13)12-28-18-4-2-3-16(10-18)24-21(27)14-5-7-15(22)8-6-14/h2-11H,12H2,1H3,(H,24,27). The third kappa shape index (κ3) is 4.16. The van der Waals surface area contributed by atoms with E-state index in [9.17, 15) is 14.0 Å². The molecule has 0 saturated heterocycles. The Kier molecular flexibility index (Phi) is 4.82. The van der Waals surface area contributed by atoms with E-state index >= 15 is 0 Å². The van der Waals surface area contributed by atoms with Crippen LogP contribution in [-0.4, -0.2) is 15.5 Å². The van der Waals surface area contributed by atoms with Crippen molar-refractivity contribution in [2.75, 3.05) is 5.32 Å². The molecule has 4 rings (SSSR count). The Morgan fingerprint density at radius 1 is 1.17 bits per heavy atom. The van der Waals surface area contributed by atoms with Gasteiger partial charge in [0, 0.05) is 29.4 Å². The molecule has 1 amide bonds. The minimum Gasteiger partial charge on any atom is -0.487 e.